The topological polar surface area (TPSA) is 106 Å². The molecule has 1 aliphatic heterocycles. The van der Waals surface area contributed by atoms with Gasteiger partial charge < -0.3 is 5.73 Å². The highest BCUT2D eigenvalue weighted by Crippen LogP contribution is 2.22. The normalized spacial score (nSPS) is 19.0. The quantitative estimate of drug-likeness (QED) is 0.774. The highest BCUT2D eigenvalue weighted by atomic mass is 32.2. The van der Waals surface area contributed by atoms with Crippen LogP contribution in [0.25, 0.3) is 0 Å². The third-order valence-electron chi connectivity index (χ3n) is 3.35. The van der Waals surface area contributed by atoms with Crippen molar-refractivity contribution in [3.05, 3.63) is 29.8 Å². The average Bonchev–Trinajstić information content (AvgIpc) is 2.37. The van der Waals surface area contributed by atoms with Crippen molar-refractivity contribution in [3.63, 3.8) is 0 Å². The monoisotopic (exact) mass is 348 g/mol. The number of benzene rings is 1. The summed E-state index contributed by atoms with van der Waals surface area (Å²) in [6.45, 7) is 0. The van der Waals surface area contributed by atoms with Crippen LogP contribution in [0, 0.1) is 0 Å². The van der Waals surface area contributed by atoms with Gasteiger partial charge in [-0.1, -0.05) is 24.4 Å². The first kappa shape index (κ1) is 16.2. The van der Waals surface area contributed by atoms with Gasteiger partial charge >= 0.3 is 0 Å². The Morgan fingerprint density at radius 3 is 2.48 bits per heavy atom. The molecule has 3 N–H and O–H groups in total. The van der Waals surface area contributed by atoms with Gasteiger partial charge in [-0.25, -0.2) is 16.8 Å². The predicted molar refractivity (Wildman–Crippen MR) is 86.5 cm³/mol. The van der Waals surface area contributed by atoms with E-state index in [2.05, 4.69) is 4.72 Å². The predicted octanol–water partition coefficient (Wildman–Crippen LogP) is 0.640. The van der Waals surface area contributed by atoms with Gasteiger partial charge in [0.1, 0.15) is 14.8 Å². The molecule has 0 unspecified atom stereocenters. The minimum atomic E-state index is -3.63. The van der Waals surface area contributed by atoms with Crippen LogP contribution in [0.4, 0.5) is 5.69 Å². The van der Waals surface area contributed by atoms with Gasteiger partial charge in [-0.05, 0) is 25.0 Å². The summed E-state index contributed by atoms with van der Waals surface area (Å²) < 4.78 is 49.7. The maximum atomic E-state index is 12.3. The number of hydrogen-bond donors (Lipinski definition) is 2. The van der Waals surface area contributed by atoms with Crippen LogP contribution < -0.4 is 10.5 Å². The Balaban J connectivity index is 2.15. The minimum Gasteiger partial charge on any atom is -0.389 e. The molecule has 0 amide bonds. The second kappa shape index (κ2) is 5.90. The third-order valence-corrected chi connectivity index (χ3v) is 7.17. The molecule has 1 aromatic rings. The zero-order chi connectivity index (χ0) is 15.7. The number of sulfonamides is 1. The first-order chi connectivity index (χ1) is 9.70. The molecule has 1 aromatic carbocycles. The van der Waals surface area contributed by atoms with Crippen molar-refractivity contribution >= 4 is 42.8 Å². The molecule has 9 heteroatoms. The molecule has 0 radical (unpaired) electrons. The van der Waals surface area contributed by atoms with Gasteiger partial charge in [0.15, 0.2) is 0 Å². The van der Waals surface area contributed by atoms with Crippen molar-refractivity contribution in [1.82, 2.24) is 0 Å². The van der Waals surface area contributed by atoms with Crippen LogP contribution in [0.2, 0.25) is 0 Å². The van der Waals surface area contributed by atoms with E-state index in [-0.39, 0.29) is 29.3 Å². The number of thiocarbonyl (C=S) groups is 1. The number of nitrogens with one attached hydrogen (secondary N) is 1. The van der Waals surface area contributed by atoms with E-state index in [9.17, 15) is 16.8 Å². The molecule has 0 spiro atoms. The summed E-state index contributed by atoms with van der Waals surface area (Å²) >= 11 is 4.85. The van der Waals surface area contributed by atoms with E-state index in [1.807, 2.05) is 0 Å². The smallest absolute Gasteiger partial charge is 0.235 e. The van der Waals surface area contributed by atoms with E-state index in [4.69, 9.17) is 18.0 Å². The van der Waals surface area contributed by atoms with Gasteiger partial charge in [0.2, 0.25) is 10.0 Å². The molecule has 6 nitrogen and oxygen atoms in total. The van der Waals surface area contributed by atoms with Gasteiger partial charge in [0.25, 0.3) is 0 Å². The van der Waals surface area contributed by atoms with Crippen LogP contribution in [0.15, 0.2) is 24.3 Å². The lowest BCUT2D eigenvalue weighted by Gasteiger charge is -2.22. The van der Waals surface area contributed by atoms with Crippen molar-refractivity contribution in [2.24, 2.45) is 5.73 Å². The van der Waals surface area contributed by atoms with Crippen LogP contribution in [-0.4, -0.2) is 38.6 Å². The zero-order valence-electron chi connectivity index (χ0n) is 11.2. The molecular formula is C12H16N2O4S3. The molecule has 1 saturated heterocycles. The zero-order valence-corrected chi connectivity index (χ0v) is 13.6. The lowest BCUT2D eigenvalue weighted by molar-refractivity contribution is 0.555. The summed E-state index contributed by atoms with van der Waals surface area (Å²) in [5, 5.41) is -0.700. The fourth-order valence-corrected chi connectivity index (χ4v) is 5.56. The first-order valence-corrected chi connectivity index (χ1v) is 10.1. The van der Waals surface area contributed by atoms with Crippen molar-refractivity contribution in [2.45, 2.75) is 18.1 Å². The van der Waals surface area contributed by atoms with Crippen molar-refractivity contribution in [1.29, 1.82) is 0 Å². The minimum absolute atomic E-state index is 0.0918. The van der Waals surface area contributed by atoms with Crippen molar-refractivity contribution < 1.29 is 16.8 Å². The molecule has 0 saturated carbocycles. The molecule has 2 rings (SSSR count). The Hall–Kier alpha value is -1.19. The molecule has 0 aliphatic carbocycles. The fraction of sp³-hybridized carbons (Fsp3) is 0.417. The van der Waals surface area contributed by atoms with Crippen molar-refractivity contribution in [3.8, 4) is 0 Å². The van der Waals surface area contributed by atoms with Gasteiger partial charge in [0, 0.05) is 11.3 Å². The largest absolute Gasteiger partial charge is 0.389 e. The van der Waals surface area contributed by atoms with Crippen LogP contribution in [0.1, 0.15) is 18.4 Å². The number of nitrogens with two attached hydrogens (primary N) is 1. The highest BCUT2D eigenvalue weighted by molar-refractivity contribution is 7.94. The van der Waals surface area contributed by atoms with E-state index in [1.165, 1.54) is 0 Å². The summed E-state index contributed by atoms with van der Waals surface area (Å²) in [6, 6.07) is 6.49. The summed E-state index contributed by atoms with van der Waals surface area (Å²) in [4.78, 5) is 0.180. The SMILES string of the molecule is NC(=S)c1cccc(NS(=O)(=O)C2CCS(=O)(=O)CC2)c1. The first-order valence-electron chi connectivity index (χ1n) is 6.31. The second-order valence-electron chi connectivity index (χ2n) is 4.94. The molecule has 0 atom stereocenters. The second-order valence-corrected chi connectivity index (χ2v) is 9.65. The van der Waals surface area contributed by atoms with Crippen LogP contribution in [0.5, 0.6) is 0 Å². The Labute approximate surface area is 129 Å². The molecule has 116 valence electrons. The van der Waals surface area contributed by atoms with Gasteiger partial charge in [-0.15, -0.1) is 0 Å². The molecule has 0 bridgehead atoms. The number of rotatable bonds is 4. The fourth-order valence-electron chi connectivity index (χ4n) is 2.16. The molecule has 21 heavy (non-hydrogen) atoms. The van der Waals surface area contributed by atoms with Crippen molar-refractivity contribution in [2.75, 3.05) is 16.2 Å². The summed E-state index contributed by atoms with van der Waals surface area (Å²) in [5.74, 6) is -0.184. The van der Waals surface area contributed by atoms with E-state index in [0.717, 1.165) is 0 Å². The third kappa shape index (κ3) is 4.14. The molecular weight excluding hydrogens is 332 g/mol. The van der Waals surface area contributed by atoms with Gasteiger partial charge in [0.05, 0.1) is 16.8 Å². The van der Waals surface area contributed by atoms with E-state index >= 15 is 0 Å². The van der Waals surface area contributed by atoms with Gasteiger partial charge in [-0.2, -0.15) is 0 Å². The average molecular weight is 348 g/mol. The van der Waals surface area contributed by atoms with E-state index in [0.29, 0.717) is 11.3 Å². The number of anilines is 1. The highest BCUT2D eigenvalue weighted by Gasteiger charge is 2.32. The Bertz CT molecular complexity index is 742. The maximum absolute atomic E-state index is 12.3. The standard InChI is InChI=1S/C12H16N2O4S3/c13-12(19)9-2-1-3-10(8-9)14-21(17,18)11-4-6-20(15,16)7-5-11/h1-3,8,11,14H,4-7H2,(H2,13,19). The molecule has 0 aromatic heterocycles. The van der Waals surface area contributed by atoms with Crippen LogP contribution in [0.3, 0.4) is 0 Å². The summed E-state index contributed by atoms with van der Waals surface area (Å²) in [7, 11) is -6.72. The summed E-state index contributed by atoms with van der Waals surface area (Å²) in [5.41, 5.74) is 6.44. The van der Waals surface area contributed by atoms with Crippen LogP contribution in [-0.2, 0) is 19.9 Å². The van der Waals surface area contributed by atoms with Gasteiger partial charge in [-0.3, -0.25) is 4.72 Å². The Morgan fingerprint density at radius 2 is 1.90 bits per heavy atom. The van der Waals surface area contributed by atoms with Crippen LogP contribution >= 0.6 is 12.2 Å². The summed E-state index contributed by atoms with van der Waals surface area (Å²) in [6.07, 6.45) is 0.235. The molecule has 1 aliphatic rings. The number of hydrogen-bond acceptors (Lipinski definition) is 5. The maximum Gasteiger partial charge on any atom is 0.235 e. The Kier molecular flexibility index (Phi) is 4.54. The van der Waals surface area contributed by atoms with E-state index in [1.54, 1.807) is 24.3 Å². The lowest BCUT2D eigenvalue weighted by Crippen LogP contribution is -2.36. The van der Waals surface area contributed by atoms with E-state index < -0.39 is 25.1 Å². The molecule has 1 fully saturated rings. The number of sulfone groups is 1. The Morgan fingerprint density at radius 1 is 1.29 bits per heavy atom. The molecule has 1 heterocycles. The lowest BCUT2D eigenvalue weighted by atomic mass is 10.2.